The van der Waals surface area contributed by atoms with Crippen LogP contribution in [0.1, 0.15) is 19.3 Å². The Bertz CT molecular complexity index is 106. The Hall–Kier alpha value is -0.0800. The average molecular weight is 128 g/mol. The second-order valence-electron chi connectivity index (χ2n) is 3.36. The molecular weight excluding hydrogens is 116 g/mol. The Balaban J connectivity index is 2.10. The van der Waals surface area contributed by atoms with Crippen molar-refractivity contribution in [2.45, 2.75) is 31.5 Å². The van der Waals surface area contributed by atoms with Gasteiger partial charge in [-0.25, -0.2) is 0 Å². The maximum Gasteiger partial charge on any atom is 0.0573 e. The molecule has 0 unspecified atom stereocenters. The molecule has 2 N–H and O–H groups in total. The minimum atomic E-state index is -0.0987. The molecule has 9 heavy (non-hydrogen) atoms. The average Bonchev–Trinajstić information content (AvgIpc) is 2.24. The monoisotopic (exact) mass is 128 g/mol. The van der Waals surface area contributed by atoms with E-state index in [0.29, 0.717) is 11.8 Å². The van der Waals surface area contributed by atoms with E-state index in [1.54, 1.807) is 0 Å². The van der Waals surface area contributed by atoms with E-state index in [9.17, 15) is 10.2 Å². The molecule has 0 radical (unpaired) electrons. The number of fused-ring (bicyclic) bond motifs is 2. The fourth-order valence-electron chi connectivity index (χ4n) is 2.21. The maximum absolute atomic E-state index is 9.23. The lowest BCUT2D eigenvalue weighted by Gasteiger charge is -2.19. The molecule has 0 amide bonds. The molecule has 2 fully saturated rings. The Morgan fingerprint density at radius 2 is 1.22 bits per heavy atom. The molecule has 2 bridgehead atoms. The summed E-state index contributed by atoms with van der Waals surface area (Å²) < 4.78 is 0. The van der Waals surface area contributed by atoms with Gasteiger partial charge in [-0.05, 0) is 31.1 Å². The van der Waals surface area contributed by atoms with Crippen LogP contribution in [0, 0.1) is 11.8 Å². The highest BCUT2D eigenvalue weighted by Crippen LogP contribution is 2.44. The minimum absolute atomic E-state index is 0.0987. The van der Waals surface area contributed by atoms with Crippen molar-refractivity contribution in [2.24, 2.45) is 11.8 Å². The fourth-order valence-corrected chi connectivity index (χ4v) is 2.21. The molecule has 0 heterocycles. The number of rotatable bonds is 0. The van der Waals surface area contributed by atoms with E-state index in [0.717, 1.165) is 19.3 Å². The van der Waals surface area contributed by atoms with Crippen molar-refractivity contribution >= 4 is 0 Å². The van der Waals surface area contributed by atoms with E-state index in [2.05, 4.69) is 0 Å². The number of hydrogen-bond donors (Lipinski definition) is 2. The smallest absolute Gasteiger partial charge is 0.0573 e. The first-order chi connectivity index (χ1) is 4.27. The summed E-state index contributed by atoms with van der Waals surface area (Å²) in [6.07, 6.45) is 2.54. The van der Waals surface area contributed by atoms with Gasteiger partial charge in [0.05, 0.1) is 12.2 Å². The van der Waals surface area contributed by atoms with Crippen LogP contribution in [0.2, 0.25) is 0 Å². The predicted octanol–water partition coefficient (Wildman–Crippen LogP) is 0.138. The molecule has 2 heteroatoms. The van der Waals surface area contributed by atoms with Crippen LogP contribution in [0.25, 0.3) is 0 Å². The normalized spacial score (nSPS) is 56.7. The summed E-state index contributed by atoms with van der Waals surface area (Å²) in [5.74, 6) is 0.843. The van der Waals surface area contributed by atoms with Crippen molar-refractivity contribution in [1.82, 2.24) is 0 Å². The zero-order valence-electron chi connectivity index (χ0n) is 5.33. The SMILES string of the molecule is O[C@@H]1C[C@H]2C[C@@H]1C[C@@H]2O. The third-order valence-electron chi connectivity index (χ3n) is 2.78. The van der Waals surface area contributed by atoms with Crippen molar-refractivity contribution in [3.8, 4) is 0 Å². The van der Waals surface area contributed by atoms with Gasteiger partial charge in [0.1, 0.15) is 0 Å². The van der Waals surface area contributed by atoms with Gasteiger partial charge in [-0.2, -0.15) is 0 Å². The molecule has 0 aromatic rings. The molecule has 2 saturated carbocycles. The predicted molar refractivity (Wildman–Crippen MR) is 32.8 cm³/mol. The lowest BCUT2D eigenvalue weighted by molar-refractivity contribution is 0.0447. The van der Waals surface area contributed by atoms with E-state index >= 15 is 0 Å². The Morgan fingerprint density at radius 1 is 0.778 bits per heavy atom. The van der Waals surface area contributed by atoms with Crippen LogP contribution in [0.15, 0.2) is 0 Å². The molecule has 52 valence electrons. The third-order valence-corrected chi connectivity index (χ3v) is 2.78. The van der Waals surface area contributed by atoms with Crippen LogP contribution < -0.4 is 0 Å². The zero-order chi connectivity index (χ0) is 6.43. The number of hydrogen-bond acceptors (Lipinski definition) is 2. The van der Waals surface area contributed by atoms with E-state index in [4.69, 9.17) is 0 Å². The highest BCUT2D eigenvalue weighted by Gasteiger charge is 2.44. The molecule has 0 aliphatic heterocycles. The van der Waals surface area contributed by atoms with Crippen LogP contribution in [-0.4, -0.2) is 22.4 Å². The number of aliphatic hydroxyl groups excluding tert-OH is 2. The summed E-state index contributed by atoms with van der Waals surface area (Å²) in [6, 6.07) is 0. The highest BCUT2D eigenvalue weighted by molar-refractivity contribution is 4.95. The molecule has 4 atom stereocenters. The van der Waals surface area contributed by atoms with Gasteiger partial charge in [0.2, 0.25) is 0 Å². The molecule has 0 aromatic heterocycles. The van der Waals surface area contributed by atoms with Crippen LogP contribution in [0.5, 0.6) is 0 Å². The topological polar surface area (TPSA) is 40.5 Å². The van der Waals surface area contributed by atoms with Crippen LogP contribution >= 0.6 is 0 Å². The Kier molecular flexibility index (Phi) is 1.08. The first-order valence-corrected chi connectivity index (χ1v) is 3.63. The van der Waals surface area contributed by atoms with Gasteiger partial charge in [0.15, 0.2) is 0 Å². The maximum atomic E-state index is 9.23. The van der Waals surface area contributed by atoms with E-state index in [1.807, 2.05) is 0 Å². The van der Waals surface area contributed by atoms with Crippen molar-refractivity contribution < 1.29 is 10.2 Å². The molecule has 2 nitrogen and oxygen atoms in total. The molecule has 0 aromatic carbocycles. The second kappa shape index (κ2) is 1.70. The highest BCUT2D eigenvalue weighted by atomic mass is 16.3. The minimum Gasteiger partial charge on any atom is -0.393 e. The molecule has 0 saturated heterocycles. The van der Waals surface area contributed by atoms with Crippen molar-refractivity contribution in [1.29, 1.82) is 0 Å². The van der Waals surface area contributed by atoms with Crippen molar-refractivity contribution in [3.05, 3.63) is 0 Å². The Morgan fingerprint density at radius 3 is 1.44 bits per heavy atom. The zero-order valence-corrected chi connectivity index (χ0v) is 5.33. The van der Waals surface area contributed by atoms with E-state index in [-0.39, 0.29) is 12.2 Å². The van der Waals surface area contributed by atoms with Gasteiger partial charge >= 0.3 is 0 Å². The third kappa shape index (κ3) is 0.700. The Labute approximate surface area is 54.5 Å². The van der Waals surface area contributed by atoms with Gasteiger partial charge in [-0.15, -0.1) is 0 Å². The first-order valence-electron chi connectivity index (χ1n) is 3.63. The summed E-state index contributed by atoms with van der Waals surface area (Å²) in [4.78, 5) is 0. The lowest BCUT2D eigenvalue weighted by atomic mass is 9.95. The molecule has 2 aliphatic rings. The second-order valence-corrected chi connectivity index (χ2v) is 3.36. The largest absolute Gasteiger partial charge is 0.393 e. The molecule has 2 rings (SSSR count). The fraction of sp³-hybridized carbons (Fsp3) is 1.00. The van der Waals surface area contributed by atoms with Gasteiger partial charge in [-0.1, -0.05) is 0 Å². The molecule has 0 spiro atoms. The van der Waals surface area contributed by atoms with Crippen molar-refractivity contribution in [2.75, 3.05) is 0 Å². The van der Waals surface area contributed by atoms with Gasteiger partial charge in [0, 0.05) is 0 Å². The molecule has 2 aliphatic carbocycles. The first kappa shape index (κ1) is 5.69. The molecular formula is C7H12O2. The summed E-state index contributed by atoms with van der Waals surface area (Å²) in [7, 11) is 0. The van der Waals surface area contributed by atoms with Gasteiger partial charge < -0.3 is 10.2 Å². The van der Waals surface area contributed by atoms with Crippen LogP contribution in [-0.2, 0) is 0 Å². The van der Waals surface area contributed by atoms with Crippen LogP contribution in [0.3, 0.4) is 0 Å². The van der Waals surface area contributed by atoms with Crippen LogP contribution in [0.4, 0.5) is 0 Å². The summed E-state index contributed by atoms with van der Waals surface area (Å²) >= 11 is 0. The summed E-state index contributed by atoms with van der Waals surface area (Å²) in [5.41, 5.74) is 0. The standard InChI is InChI=1S/C7H12O2/c8-6-2-4-1-5(6)3-7(4)9/h4-9H,1-3H2/t4-,5-,6-,7+/m1/s1. The number of aliphatic hydroxyl groups is 2. The summed E-state index contributed by atoms with van der Waals surface area (Å²) in [6.45, 7) is 0. The lowest BCUT2D eigenvalue weighted by Crippen LogP contribution is -2.24. The quantitative estimate of drug-likeness (QED) is 0.487. The summed E-state index contributed by atoms with van der Waals surface area (Å²) in [5, 5.41) is 18.5. The van der Waals surface area contributed by atoms with E-state index < -0.39 is 0 Å². The van der Waals surface area contributed by atoms with Crippen molar-refractivity contribution in [3.63, 3.8) is 0 Å². The van der Waals surface area contributed by atoms with E-state index in [1.165, 1.54) is 0 Å². The van der Waals surface area contributed by atoms with Gasteiger partial charge in [-0.3, -0.25) is 0 Å². The van der Waals surface area contributed by atoms with Gasteiger partial charge in [0.25, 0.3) is 0 Å².